The van der Waals surface area contributed by atoms with Crippen LogP contribution in [0.2, 0.25) is 0 Å². The normalized spacial score (nSPS) is 10.4. The number of rotatable bonds is 6. The number of hydrogen-bond acceptors (Lipinski definition) is 8. The van der Waals surface area contributed by atoms with Crippen molar-refractivity contribution in [3.05, 3.63) is 16.1 Å². The highest BCUT2D eigenvalue weighted by Crippen LogP contribution is 2.19. The van der Waals surface area contributed by atoms with Crippen LogP contribution in [0, 0.1) is 6.92 Å². The second-order valence-corrected chi connectivity index (χ2v) is 5.13. The summed E-state index contributed by atoms with van der Waals surface area (Å²) in [7, 11) is 3.48. The van der Waals surface area contributed by atoms with Crippen LogP contribution in [0.25, 0.3) is 0 Å². The fourth-order valence-corrected chi connectivity index (χ4v) is 2.44. The first kappa shape index (κ1) is 14.4. The molecule has 0 aliphatic heterocycles. The minimum absolute atomic E-state index is 0.304. The summed E-state index contributed by atoms with van der Waals surface area (Å²) in [5, 5.41) is 3.07. The van der Waals surface area contributed by atoms with E-state index in [2.05, 4.69) is 25.3 Å². The summed E-state index contributed by atoms with van der Waals surface area (Å²) in [5.74, 6) is 1.09. The quantitative estimate of drug-likeness (QED) is 0.869. The Labute approximate surface area is 122 Å². The van der Waals surface area contributed by atoms with Gasteiger partial charge in [0.1, 0.15) is 0 Å². The summed E-state index contributed by atoms with van der Waals surface area (Å²) >= 11 is 1.63. The Kier molecular flexibility index (Phi) is 4.67. The highest BCUT2D eigenvalue weighted by atomic mass is 32.1. The van der Waals surface area contributed by atoms with Gasteiger partial charge in [0.25, 0.3) is 0 Å². The molecule has 2 aromatic rings. The van der Waals surface area contributed by atoms with Crippen molar-refractivity contribution in [2.45, 2.75) is 20.4 Å². The summed E-state index contributed by atoms with van der Waals surface area (Å²) < 4.78 is 5.11. The monoisotopic (exact) mass is 294 g/mol. The Hall–Kier alpha value is -1.96. The molecule has 2 rings (SSSR count). The number of aromatic nitrogens is 4. The number of ether oxygens (including phenoxy) is 1. The molecule has 0 fully saturated rings. The lowest BCUT2D eigenvalue weighted by Gasteiger charge is -2.17. The molecule has 0 unspecified atom stereocenters. The number of nitrogens with one attached hydrogen (secondary N) is 1. The van der Waals surface area contributed by atoms with E-state index in [4.69, 9.17) is 4.74 Å². The number of thiazole rings is 1. The van der Waals surface area contributed by atoms with Gasteiger partial charge in [0.2, 0.25) is 11.9 Å². The fraction of sp³-hybridized carbons (Fsp3) is 0.500. The minimum atomic E-state index is 0.304. The van der Waals surface area contributed by atoms with E-state index in [1.807, 2.05) is 31.3 Å². The van der Waals surface area contributed by atoms with Crippen molar-refractivity contribution in [2.75, 3.05) is 30.9 Å². The molecule has 7 nitrogen and oxygen atoms in total. The lowest BCUT2D eigenvalue weighted by Crippen LogP contribution is -2.20. The molecule has 108 valence electrons. The Morgan fingerprint density at radius 3 is 2.75 bits per heavy atom. The maximum Gasteiger partial charge on any atom is 0.322 e. The Morgan fingerprint density at radius 1 is 1.35 bits per heavy atom. The fourth-order valence-electron chi connectivity index (χ4n) is 1.61. The van der Waals surface area contributed by atoms with E-state index in [1.165, 1.54) is 4.88 Å². The van der Waals surface area contributed by atoms with Gasteiger partial charge in [-0.15, -0.1) is 11.3 Å². The third-order valence-electron chi connectivity index (χ3n) is 2.69. The summed E-state index contributed by atoms with van der Waals surface area (Å²) in [4.78, 5) is 20.2. The highest BCUT2D eigenvalue weighted by Gasteiger charge is 2.12. The van der Waals surface area contributed by atoms with E-state index < -0.39 is 0 Å². The number of aryl methyl sites for hydroxylation is 1. The van der Waals surface area contributed by atoms with Gasteiger partial charge in [-0.05, 0) is 13.8 Å². The second-order valence-electron chi connectivity index (χ2n) is 4.19. The van der Waals surface area contributed by atoms with Crippen LogP contribution in [-0.2, 0) is 6.54 Å². The number of nitrogens with zero attached hydrogens (tertiary/aromatic N) is 5. The van der Waals surface area contributed by atoms with Crippen LogP contribution < -0.4 is 15.0 Å². The summed E-state index contributed by atoms with van der Waals surface area (Å²) in [6.45, 7) is 5.43. The van der Waals surface area contributed by atoms with Crippen LogP contribution in [0.1, 0.15) is 17.5 Å². The van der Waals surface area contributed by atoms with Crippen LogP contribution in [0.15, 0.2) is 5.51 Å². The smallest absolute Gasteiger partial charge is 0.322 e. The van der Waals surface area contributed by atoms with E-state index >= 15 is 0 Å². The van der Waals surface area contributed by atoms with Crippen LogP contribution in [0.4, 0.5) is 11.9 Å². The standard InChI is InChI=1S/C12H18N6OS/c1-5-13-10-15-11(17-12(16-10)19-4)18(3)6-9-8(2)14-7-20-9/h7H,5-6H2,1-4H3,(H,13,15,16,17). The molecule has 0 aliphatic rings. The lowest BCUT2D eigenvalue weighted by molar-refractivity contribution is 0.379. The molecule has 0 saturated carbocycles. The maximum atomic E-state index is 5.11. The molecule has 0 radical (unpaired) electrons. The molecule has 0 bridgehead atoms. The molecule has 0 aromatic carbocycles. The predicted octanol–water partition coefficient (Wildman–Crippen LogP) is 1.71. The van der Waals surface area contributed by atoms with Gasteiger partial charge in [0.05, 0.1) is 24.9 Å². The molecule has 0 aliphatic carbocycles. The minimum Gasteiger partial charge on any atom is -0.467 e. The van der Waals surface area contributed by atoms with Crippen molar-refractivity contribution in [3.63, 3.8) is 0 Å². The zero-order valence-corrected chi connectivity index (χ0v) is 12.9. The molecular weight excluding hydrogens is 276 g/mol. The van der Waals surface area contributed by atoms with E-state index in [0.717, 1.165) is 12.2 Å². The van der Waals surface area contributed by atoms with Gasteiger partial charge in [-0.2, -0.15) is 15.0 Å². The zero-order valence-electron chi connectivity index (χ0n) is 12.0. The average molecular weight is 294 g/mol. The van der Waals surface area contributed by atoms with Crippen LogP contribution >= 0.6 is 11.3 Å². The van der Waals surface area contributed by atoms with Gasteiger partial charge in [-0.1, -0.05) is 0 Å². The number of methoxy groups -OCH3 is 1. The van der Waals surface area contributed by atoms with Crippen LogP contribution in [0.5, 0.6) is 6.01 Å². The van der Waals surface area contributed by atoms with E-state index in [0.29, 0.717) is 24.5 Å². The molecule has 20 heavy (non-hydrogen) atoms. The maximum absolute atomic E-state index is 5.11. The van der Waals surface area contributed by atoms with E-state index in [1.54, 1.807) is 18.4 Å². The van der Waals surface area contributed by atoms with Crippen LogP contribution in [-0.4, -0.2) is 40.6 Å². The van der Waals surface area contributed by atoms with Crippen molar-refractivity contribution in [3.8, 4) is 6.01 Å². The Balaban J connectivity index is 2.22. The first-order chi connectivity index (χ1) is 9.63. The molecule has 2 aromatic heterocycles. The average Bonchev–Trinajstić information content (AvgIpc) is 2.84. The SMILES string of the molecule is CCNc1nc(OC)nc(N(C)Cc2scnc2C)n1. The summed E-state index contributed by atoms with van der Waals surface area (Å²) in [6, 6.07) is 0.304. The first-order valence-electron chi connectivity index (χ1n) is 6.28. The Morgan fingerprint density at radius 2 is 2.15 bits per heavy atom. The van der Waals surface area contributed by atoms with Crippen molar-refractivity contribution in [1.29, 1.82) is 0 Å². The topological polar surface area (TPSA) is 76.1 Å². The third-order valence-corrected chi connectivity index (χ3v) is 3.61. The van der Waals surface area contributed by atoms with Crippen molar-refractivity contribution in [1.82, 2.24) is 19.9 Å². The van der Waals surface area contributed by atoms with Crippen LogP contribution in [0.3, 0.4) is 0 Å². The highest BCUT2D eigenvalue weighted by molar-refractivity contribution is 7.09. The number of hydrogen-bond donors (Lipinski definition) is 1. The summed E-state index contributed by atoms with van der Waals surface area (Å²) in [6.07, 6.45) is 0. The molecule has 1 N–H and O–H groups in total. The molecule has 8 heteroatoms. The van der Waals surface area contributed by atoms with Crippen molar-refractivity contribution >= 4 is 23.2 Å². The third kappa shape index (κ3) is 3.32. The van der Waals surface area contributed by atoms with Crippen molar-refractivity contribution < 1.29 is 4.74 Å². The van der Waals surface area contributed by atoms with E-state index in [9.17, 15) is 0 Å². The largest absolute Gasteiger partial charge is 0.467 e. The number of anilines is 2. The molecule has 0 spiro atoms. The van der Waals surface area contributed by atoms with Crippen molar-refractivity contribution in [2.24, 2.45) is 0 Å². The zero-order chi connectivity index (χ0) is 14.5. The van der Waals surface area contributed by atoms with Gasteiger partial charge in [-0.25, -0.2) is 4.98 Å². The summed E-state index contributed by atoms with van der Waals surface area (Å²) in [5.41, 5.74) is 2.88. The lowest BCUT2D eigenvalue weighted by atomic mass is 10.4. The molecule has 0 saturated heterocycles. The molecular formula is C12H18N6OS. The molecule has 0 amide bonds. The van der Waals surface area contributed by atoms with Gasteiger partial charge < -0.3 is 15.0 Å². The second kappa shape index (κ2) is 6.47. The Bertz CT molecular complexity index is 573. The van der Waals surface area contributed by atoms with Gasteiger partial charge >= 0.3 is 6.01 Å². The first-order valence-corrected chi connectivity index (χ1v) is 7.16. The molecule has 2 heterocycles. The predicted molar refractivity (Wildman–Crippen MR) is 79.5 cm³/mol. The van der Waals surface area contributed by atoms with Gasteiger partial charge in [0.15, 0.2) is 0 Å². The van der Waals surface area contributed by atoms with Gasteiger partial charge in [0, 0.05) is 18.5 Å². The van der Waals surface area contributed by atoms with E-state index in [-0.39, 0.29) is 0 Å². The van der Waals surface area contributed by atoms with Gasteiger partial charge in [-0.3, -0.25) is 0 Å². The molecule has 0 atom stereocenters.